The van der Waals surface area contributed by atoms with Crippen molar-refractivity contribution in [1.82, 2.24) is 0 Å². The van der Waals surface area contributed by atoms with Gasteiger partial charge in [-0.05, 0) is 127 Å². The summed E-state index contributed by atoms with van der Waals surface area (Å²) in [4.78, 5) is 13.3. The van der Waals surface area contributed by atoms with Gasteiger partial charge in [-0.3, -0.25) is 4.79 Å². The maximum Gasteiger partial charge on any atom is 0.159 e. The molecule has 4 fully saturated rings. The molecule has 0 aromatic carbocycles. The van der Waals surface area contributed by atoms with Crippen molar-refractivity contribution in [2.75, 3.05) is 0 Å². The molecule has 8 atom stereocenters. The molecule has 2 heteroatoms. The first kappa shape index (κ1) is 25.3. The fraction of sp³-hybridized carbons (Fsp3) is 0.788. The Bertz CT molecular complexity index is 910. The van der Waals surface area contributed by atoms with Crippen LogP contribution < -0.4 is 0 Å². The van der Waals surface area contributed by atoms with Gasteiger partial charge in [-0.15, -0.1) is 0 Å². The Morgan fingerprint density at radius 1 is 1.00 bits per heavy atom. The number of allylic oxidation sites excluding steroid dienone is 1. The van der Waals surface area contributed by atoms with Crippen LogP contribution in [0.25, 0.3) is 6.08 Å². The van der Waals surface area contributed by atoms with Crippen LogP contribution in [0.1, 0.15) is 117 Å². The van der Waals surface area contributed by atoms with Crippen LogP contribution in [-0.2, 0) is 4.79 Å². The first-order valence-corrected chi connectivity index (χ1v) is 15.0. The molecule has 1 heterocycles. The lowest BCUT2D eigenvalue weighted by molar-refractivity contribution is -0.123. The summed E-state index contributed by atoms with van der Waals surface area (Å²) in [5.41, 5.74) is 1.87. The SMILES string of the molecule is CC(C)CCC[C@@H](C)[C@H]1CC[C@@H]2[C@H]3CC[C@H]4CC(=O)/C(=C/c5ccco5)CC[C@]4(C)[C@@H]3CC[C@@]21C. The van der Waals surface area contributed by atoms with Crippen molar-refractivity contribution in [3.8, 4) is 0 Å². The molecule has 4 aliphatic carbocycles. The van der Waals surface area contributed by atoms with E-state index >= 15 is 0 Å². The van der Waals surface area contributed by atoms with Crippen LogP contribution in [0.4, 0.5) is 0 Å². The maximum atomic E-state index is 13.3. The van der Waals surface area contributed by atoms with Crippen molar-refractivity contribution in [1.29, 1.82) is 0 Å². The Kier molecular flexibility index (Phi) is 7.14. The highest BCUT2D eigenvalue weighted by atomic mass is 16.3. The molecule has 2 nitrogen and oxygen atoms in total. The van der Waals surface area contributed by atoms with E-state index < -0.39 is 0 Å². The second-order valence-electron chi connectivity index (χ2n) is 14.0. The Labute approximate surface area is 214 Å². The van der Waals surface area contributed by atoms with Crippen LogP contribution in [0, 0.1) is 52.3 Å². The first-order valence-electron chi connectivity index (χ1n) is 15.0. The highest BCUT2D eigenvalue weighted by Gasteiger charge is 2.60. The van der Waals surface area contributed by atoms with Gasteiger partial charge in [0.15, 0.2) is 5.78 Å². The average molecular weight is 479 g/mol. The molecule has 0 unspecified atom stereocenters. The summed E-state index contributed by atoms with van der Waals surface area (Å²) in [6.45, 7) is 12.6. The molecule has 194 valence electrons. The molecule has 1 aromatic rings. The fourth-order valence-corrected chi connectivity index (χ4v) is 9.88. The zero-order valence-corrected chi connectivity index (χ0v) is 23.2. The highest BCUT2D eigenvalue weighted by Crippen LogP contribution is 2.68. The quantitative estimate of drug-likeness (QED) is 0.381. The molecular formula is C33H50O2. The Morgan fingerprint density at radius 2 is 1.80 bits per heavy atom. The second kappa shape index (κ2) is 9.86. The highest BCUT2D eigenvalue weighted by molar-refractivity contribution is 5.99. The van der Waals surface area contributed by atoms with E-state index in [-0.39, 0.29) is 0 Å². The lowest BCUT2D eigenvalue weighted by atomic mass is 9.46. The van der Waals surface area contributed by atoms with Crippen molar-refractivity contribution >= 4 is 11.9 Å². The smallest absolute Gasteiger partial charge is 0.159 e. The summed E-state index contributed by atoms with van der Waals surface area (Å²) in [7, 11) is 0. The molecule has 0 bridgehead atoms. The Hall–Kier alpha value is -1.31. The van der Waals surface area contributed by atoms with Crippen LogP contribution >= 0.6 is 0 Å². The lowest BCUT2D eigenvalue weighted by Gasteiger charge is -2.59. The zero-order valence-electron chi connectivity index (χ0n) is 23.2. The molecule has 1 aromatic heterocycles. The van der Waals surface area contributed by atoms with Crippen LogP contribution in [0.2, 0.25) is 0 Å². The standard InChI is InChI=1S/C33H50O2/c1-22(2)8-6-9-23(3)28-13-14-29-27-12-11-25-21-31(34)24(20-26-10-7-19-35-26)15-17-32(25,4)30(27)16-18-33(28,29)5/h7,10,19-20,22-23,25,27-30H,6,8-9,11-18,21H2,1-5H3/b24-20+/t23-,25+,27-,28-,29-,30-,32+,33-/m1/s1. The number of ketones is 1. The van der Waals surface area contributed by atoms with Gasteiger partial charge in [0.2, 0.25) is 0 Å². The van der Waals surface area contributed by atoms with Gasteiger partial charge in [-0.2, -0.15) is 0 Å². The summed E-state index contributed by atoms with van der Waals surface area (Å²) in [6.07, 6.45) is 19.2. The van der Waals surface area contributed by atoms with E-state index in [0.717, 1.165) is 59.7 Å². The van der Waals surface area contributed by atoms with E-state index in [9.17, 15) is 4.79 Å². The fourth-order valence-electron chi connectivity index (χ4n) is 9.88. The van der Waals surface area contributed by atoms with E-state index in [4.69, 9.17) is 4.42 Å². The molecular weight excluding hydrogens is 428 g/mol. The van der Waals surface area contributed by atoms with E-state index in [1.165, 1.54) is 64.2 Å². The van der Waals surface area contributed by atoms with Crippen LogP contribution in [0.3, 0.4) is 0 Å². The van der Waals surface area contributed by atoms with Gasteiger partial charge >= 0.3 is 0 Å². The molecule has 4 saturated carbocycles. The predicted octanol–water partition coefficient (Wildman–Crippen LogP) is 9.35. The van der Waals surface area contributed by atoms with Crippen molar-refractivity contribution in [2.45, 2.75) is 112 Å². The summed E-state index contributed by atoms with van der Waals surface area (Å²) in [5, 5.41) is 0. The molecule has 0 radical (unpaired) electrons. The van der Waals surface area contributed by atoms with Crippen LogP contribution in [0.15, 0.2) is 28.4 Å². The topological polar surface area (TPSA) is 30.2 Å². The van der Waals surface area contributed by atoms with Gasteiger partial charge in [-0.25, -0.2) is 0 Å². The minimum Gasteiger partial charge on any atom is -0.465 e. The van der Waals surface area contributed by atoms with Crippen LogP contribution in [-0.4, -0.2) is 5.78 Å². The molecule has 35 heavy (non-hydrogen) atoms. The van der Waals surface area contributed by atoms with Crippen molar-refractivity contribution in [2.24, 2.45) is 52.3 Å². The van der Waals surface area contributed by atoms with Gasteiger partial charge in [0, 0.05) is 6.42 Å². The van der Waals surface area contributed by atoms with Gasteiger partial charge < -0.3 is 4.42 Å². The van der Waals surface area contributed by atoms with Crippen LogP contribution in [0.5, 0.6) is 0 Å². The Balaban J connectivity index is 1.31. The minimum absolute atomic E-state index is 0.319. The third-order valence-electron chi connectivity index (χ3n) is 11.8. The number of Topliss-reactive ketones (excluding diaryl/α,β-unsaturated/α-hetero) is 1. The van der Waals surface area contributed by atoms with Crippen molar-refractivity contribution in [3.63, 3.8) is 0 Å². The third-order valence-corrected chi connectivity index (χ3v) is 11.8. The second-order valence-corrected chi connectivity index (χ2v) is 14.0. The predicted molar refractivity (Wildman–Crippen MR) is 145 cm³/mol. The van der Waals surface area contributed by atoms with E-state index in [1.54, 1.807) is 6.26 Å². The maximum absolute atomic E-state index is 13.3. The number of carbonyl (C=O) groups is 1. The summed E-state index contributed by atoms with van der Waals surface area (Å²) < 4.78 is 5.55. The summed E-state index contributed by atoms with van der Waals surface area (Å²) in [6, 6.07) is 3.89. The molecule has 4 aliphatic rings. The zero-order chi connectivity index (χ0) is 24.8. The number of fused-ring (bicyclic) bond motifs is 5. The molecule has 0 spiro atoms. The normalized spacial score (nSPS) is 41.4. The summed E-state index contributed by atoms with van der Waals surface area (Å²) >= 11 is 0. The van der Waals surface area contributed by atoms with E-state index in [2.05, 4.69) is 34.6 Å². The van der Waals surface area contributed by atoms with E-state index in [1.807, 2.05) is 18.2 Å². The molecule has 0 aliphatic heterocycles. The lowest BCUT2D eigenvalue weighted by Crippen LogP contribution is -2.52. The van der Waals surface area contributed by atoms with Gasteiger partial charge in [-0.1, -0.05) is 53.9 Å². The molecule has 5 rings (SSSR count). The summed E-state index contributed by atoms with van der Waals surface area (Å²) in [5.74, 6) is 7.00. The number of rotatable bonds is 6. The van der Waals surface area contributed by atoms with Gasteiger partial charge in [0.25, 0.3) is 0 Å². The monoisotopic (exact) mass is 478 g/mol. The number of hydrogen-bond donors (Lipinski definition) is 0. The number of furan rings is 1. The average Bonchev–Trinajstić information content (AvgIpc) is 3.42. The van der Waals surface area contributed by atoms with Gasteiger partial charge in [0.05, 0.1) is 6.26 Å². The molecule has 0 saturated heterocycles. The Morgan fingerprint density at radius 3 is 2.54 bits per heavy atom. The number of hydrogen-bond acceptors (Lipinski definition) is 2. The van der Waals surface area contributed by atoms with Gasteiger partial charge in [0.1, 0.15) is 5.76 Å². The number of carbonyl (C=O) groups excluding carboxylic acids is 1. The molecule has 0 N–H and O–H groups in total. The minimum atomic E-state index is 0.319. The largest absolute Gasteiger partial charge is 0.465 e. The first-order chi connectivity index (χ1) is 16.7. The van der Waals surface area contributed by atoms with E-state index in [0.29, 0.717) is 22.5 Å². The third kappa shape index (κ3) is 4.61. The van der Waals surface area contributed by atoms with Crippen molar-refractivity contribution in [3.05, 3.63) is 29.7 Å². The molecule has 0 amide bonds. The van der Waals surface area contributed by atoms with Crippen molar-refractivity contribution < 1.29 is 9.21 Å².